The predicted molar refractivity (Wildman–Crippen MR) is 102 cm³/mol. The molecule has 3 rings (SSSR count). The number of nitrogens with zero attached hydrogens (tertiary/aromatic N) is 2. The normalized spacial score (nSPS) is 10.1. The van der Waals surface area contributed by atoms with E-state index in [-0.39, 0.29) is 17.4 Å². The highest BCUT2D eigenvalue weighted by Gasteiger charge is 2.09. The van der Waals surface area contributed by atoms with E-state index in [2.05, 4.69) is 15.6 Å². The first-order chi connectivity index (χ1) is 13.1. The van der Waals surface area contributed by atoms with Crippen molar-refractivity contribution in [3.8, 4) is 6.07 Å². The van der Waals surface area contributed by atoms with E-state index >= 15 is 0 Å². The number of carbonyl (C=O) groups excluding carboxylic acids is 1. The van der Waals surface area contributed by atoms with Crippen LogP contribution in [0.4, 0.5) is 15.8 Å². The molecule has 27 heavy (non-hydrogen) atoms. The van der Waals surface area contributed by atoms with Gasteiger partial charge in [-0.2, -0.15) is 5.26 Å². The summed E-state index contributed by atoms with van der Waals surface area (Å²) in [6, 6.07) is 18.5. The standard InChI is InChI=1S/C21H17FN4O/c22-17-6-4-15(5-7-17)8-10-24-18-9-11-25-20(13-18)21(27)26-19-3-1-2-16(12-19)14-23/h1-7,9,11-13H,8,10H2,(H,24,25)(H,26,27). The van der Waals surface area contributed by atoms with Gasteiger partial charge in [0.2, 0.25) is 0 Å². The Morgan fingerprint density at radius 3 is 2.67 bits per heavy atom. The van der Waals surface area contributed by atoms with Crippen LogP contribution in [-0.2, 0) is 6.42 Å². The number of nitrogens with one attached hydrogen (secondary N) is 2. The van der Waals surface area contributed by atoms with Crippen molar-refractivity contribution in [3.63, 3.8) is 0 Å². The lowest BCUT2D eigenvalue weighted by Gasteiger charge is -2.09. The number of amides is 1. The number of nitriles is 1. The third kappa shape index (κ3) is 5.13. The number of halogens is 1. The van der Waals surface area contributed by atoms with Gasteiger partial charge in [-0.05, 0) is 54.4 Å². The molecule has 0 aliphatic heterocycles. The molecule has 1 aromatic heterocycles. The Hall–Kier alpha value is -3.72. The zero-order chi connectivity index (χ0) is 19.1. The van der Waals surface area contributed by atoms with Crippen molar-refractivity contribution >= 4 is 17.3 Å². The lowest BCUT2D eigenvalue weighted by molar-refractivity contribution is 0.102. The number of benzene rings is 2. The average Bonchev–Trinajstić information content (AvgIpc) is 2.70. The molecule has 0 saturated heterocycles. The lowest BCUT2D eigenvalue weighted by Crippen LogP contribution is -2.14. The molecule has 5 nitrogen and oxygen atoms in total. The number of aromatic nitrogens is 1. The zero-order valence-electron chi connectivity index (χ0n) is 14.4. The first kappa shape index (κ1) is 18.1. The first-order valence-corrected chi connectivity index (χ1v) is 8.40. The van der Waals surface area contributed by atoms with E-state index < -0.39 is 0 Å². The van der Waals surface area contributed by atoms with Gasteiger partial charge in [-0.25, -0.2) is 4.39 Å². The highest BCUT2D eigenvalue weighted by Crippen LogP contribution is 2.13. The summed E-state index contributed by atoms with van der Waals surface area (Å²) in [6.45, 7) is 0.640. The minimum Gasteiger partial charge on any atom is -0.385 e. The summed E-state index contributed by atoms with van der Waals surface area (Å²) >= 11 is 0. The van der Waals surface area contributed by atoms with Crippen LogP contribution in [0.1, 0.15) is 21.6 Å². The largest absolute Gasteiger partial charge is 0.385 e. The van der Waals surface area contributed by atoms with Gasteiger partial charge < -0.3 is 10.6 Å². The van der Waals surface area contributed by atoms with E-state index in [4.69, 9.17) is 5.26 Å². The maximum Gasteiger partial charge on any atom is 0.274 e. The Labute approximate surface area is 156 Å². The zero-order valence-corrected chi connectivity index (χ0v) is 14.4. The number of pyridine rings is 1. The molecule has 0 saturated carbocycles. The molecule has 1 amide bonds. The van der Waals surface area contributed by atoms with Gasteiger partial charge in [-0.15, -0.1) is 0 Å². The fourth-order valence-corrected chi connectivity index (χ4v) is 2.53. The smallest absolute Gasteiger partial charge is 0.274 e. The molecule has 134 valence electrons. The lowest BCUT2D eigenvalue weighted by atomic mass is 10.1. The van der Waals surface area contributed by atoms with Crippen molar-refractivity contribution in [2.75, 3.05) is 17.2 Å². The van der Waals surface area contributed by atoms with Gasteiger partial charge in [0, 0.05) is 24.1 Å². The molecule has 1 heterocycles. The van der Waals surface area contributed by atoms with E-state index in [1.807, 2.05) is 6.07 Å². The van der Waals surface area contributed by atoms with Crippen molar-refractivity contribution < 1.29 is 9.18 Å². The Morgan fingerprint density at radius 1 is 1.07 bits per heavy atom. The van der Waals surface area contributed by atoms with Crippen LogP contribution in [0.15, 0.2) is 66.9 Å². The van der Waals surface area contributed by atoms with Crippen molar-refractivity contribution in [1.82, 2.24) is 4.98 Å². The number of rotatable bonds is 6. The van der Waals surface area contributed by atoms with Gasteiger partial charge in [0.1, 0.15) is 11.5 Å². The van der Waals surface area contributed by atoms with Crippen LogP contribution in [0.5, 0.6) is 0 Å². The van der Waals surface area contributed by atoms with Gasteiger partial charge in [0.25, 0.3) is 5.91 Å². The first-order valence-electron chi connectivity index (χ1n) is 8.40. The molecular weight excluding hydrogens is 343 g/mol. The van der Waals surface area contributed by atoms with Gasteiger partial charge in [0.15, 0.2) is 0 Å². The minimum atomic E-state index is -0.354. The summed E-state index contributed by atoms with van der Waals surface area (Å²) in [6.07, 6.45) is 2.28. The quantitative estimate of drug-likeness (QED) is 0.696. The van der Waals surface area contributed by atoms with Gasteiger partial charge in [-0.3, -0.25) is 9.78 Å². The molecule has 0 fully saturated rings. The van der Waals surface area contributed by atoms with Crippen molar-refractivity contribution in [1.29, 1.82) is 5.26 Å². The van der Waals surface area contributed by atoms with Crippen LogP contribution < -0.4 is 10.6 Å². The third-order valence-electron chi connectivity index (χ3n) is 3.90. The minimum absolute atomic E-state index is 0.253. The van der Waals surface area contributed by atoms with E-state index in [1.54, 1.807) is 54.7 Å². The second-order valence-corrected chi connectivity index (χ2v) is 5.88. The van der Waals surface area contributed by atoms with Gasteiger partial charge in [0.05, 0.1) is 11.6 Å². The number of carbonyl (C=O) groups is 1. The number of hydrogen-bond donors (Lipinski definition) is 2. The van der Waals surface area contributed by atoms with Gasteiger partial charge >= 0.3 is 0 Å². The topological polar surface area (TPSA) is 77.8 Å². The van der Waals surface area contributed by atoms with Crippen LogP contribution >= 0.6 is 0 Å². The molecule has 0 radical (unpaired) electrons. The summed E-state index contributed by atoms with van der Waals surface area (Å²) in [5.74, 6) is -0.607. The average molecular weight is 360 g/mol. The second-order valence-electron chi connectivity index (χ2n) is 5.88. The van der Waals surface area contributed by atoms with E-state index in [0.717, 1.165) is 17.7 Å². The summed E-state index contributed by atoms with van der Waals surface area (Å²) in [4.78, 5) is 16.5. The van der Waals surface area contributed by atoms with E-state index in [0.29, 0.717) is 17.8 Å². The van der Waals surface area contributed by atoms with Crippen LogP contribution in [0.3, 0.4) is 0 Å². The SMILES string of the molecule is N#Cc1cccc(NC(=O)c2cc(NCCc3ccc(F)cc3)ccn2)c1. The molecule has 0 aliphatic carbocycles. The maximum atomic E-state index is 12.9. The van der Waals surface area contributed by atoms with Crippen LogP contribution in [0, 0.1) is 17.1 Å². The molecule has 0 spiro atoms. The summed E-state index contributed by atoms with van der Waals surface area (Å²) < 4.78 is 12.9. The fraction of sp³-hybridized carbons (Fsp3) is 0.0952. The van der Waals surface area contributed by atoms with Gasteiger partial charge in [-0.1, -0.05) is 18.2 Å². The molecular formula is C21H17FN4O. The summed E-state index contributed by atoms with van der Waals surface area (Å²) in [5.41, 5.74) is 3.06. The van der Waals surface area contributed by atoms with Crippen LogP contribution in [0.25, 0.3) is 0 Å². The molecule has 2 aromatic carbocycles. The number of anilines is 2. The Kier molecular flexibility index (Phi) is 5.75. The molecule has 0 atom stereocenters. The maximum absolute atomic E-state index is 12.9. The molecule has 0 aliphatic rings. The predicted octanol–water partition coefficient (Wildman–Crippen LogP) is 4.00. The fourth-order valence-electron chi connectivity index (χ4n) is 2.53. The highest BCUT2D eigenvalue weighted by atomic mass is 19.1. The van der Waals surface area contributed by atoms with Crippen LogP contribution in [-0.4, -0.2) is 17.4 Å². The van der Waals surface area contributed by atoms with Crippen molar-refractivity contribution in [2.24, 2.45) is 0 Å². The van der Waals surface area contributed by atoms with E-state index in [1.165, 1.54) is 12.1 Å². The third-order valence-corrected chi connectivity index (χ3v) is 3.90. The Morgan fingerprint density at radius 2 is 1.89 bits per heavy atom. The Bertz CT molecular complexity index is 980. The summed E-state index contributed by atoms with van der Waals surface area (Å²) in [7, 11) is 0. The monoisotopic (exact) mass is 360 g/mol. The molecule has 3 aromatic rings. The van der Waals surface area contributed by atoms with E-state index in [9.17, 15) is 9.18 Å². The van der Waals surface area contributed by atoms with Crippen LogP contribution in [0.2, 0.25) is 0 Å². The number of hydrogen-bond acceptors (Lipinski definition) is 4. The molecule has 2 N–H and O–H groups in total. The Balaban J connectivity index is 1.59. The molecule has 6 heteroatoms. The summed E-state index contributed by atoms with van der Waals surface area (Å²) in [5, 5.41) is 14.9. The van der Waals surface area contributed by atoms with Crippen molar-refractivity contribution in [3.05, 3.63) is 89.5 Å². The molecule has 0 bridgehead atoms. The second kappa shape index (κ2) is 8.59. The highest BCUT2D eigenvalue weighted by molar-refractivity contribution is 6.03. The van der Waals surface area contributed by atoms with Crippen molar-refractivity contribution in [2.45, 2.75) is 6.42 Å². The molecule has 0 unspecified atom stereocenters.